The van der Waals surface area contributed by atoms with Crippen LogP contribution in [-0.4, -0.2) is 24.3 Å². The first-order chi connectivity index (χ1) is 12.9. The first-order valence-corrected chi connectivity index (χ1v) is 9.11. The van der Waals surface area contributed by atoms with Gasteiger partial charge in [-0.15, -0.1) is 0 Å². The molecule has 27 heavy (non-hydrogen) atoms. The highest BCUT2D eigenvalue weighted by atomic mass is 79.9. The summed E-state index contributed by atoms with van der Waals surface area (Å²) in [6.45, 7) is 0. The molecule has 0 atom stereocenters. The molecule has 0 spiro atoms. The normalized spacial score (nSPS) is 11.1. The van der Waals surface area contributed by atoms with E-state index in [1.54, 1.807) is 30.3 Å². The van der Waals surface area contributed by atoms with Gasteiger partial charge in [-0.3, -0.25) is 4.79 Å². The van der Waals surface area contributed by atoms with Gasteiger partial charge < -0.3 is 14.3 Å². The Morgan fingerprint density at radius 3 is 2.78 bits per heavy atom. The van der Waals surface area contributed by atoms with E-state index in [0.717, 1.165) is 0 Å². The van der Waals surface area contributed by atoms with E-state index in [2.05, 4.69) is 42.4 Å². The molecule has 1 aromatic heterocycles. The minimum absolute atomic E-state index is 0.0338. The van der Waals surface area contributed by atoms with E-state index in [9.17, 15) is 14.7 Å². The van der Waals surface area contributed by atoms with E-state index in [-0.39, 0.29) is 11.3 Å². The van der Waals surface area contributed by atoms with E-state index in [0.29, 0.717) is 31.2 Å². The van der Waals surface area contributed by atoms with Gasteiger partial charge in [0, 0.05) is 15.4 Å². The molecule has 138 valence electrons. The standard InChI is InChI=1S/C18H12Br2N2O5/c1-26-12-2-3-15-9(5-12)6-13(18(25)27-15)17(24)22-21-8-10-4-11(19)7-14(20)16(10)23/h2-8,23H,1H3,(H,22,24)/b21-8+. The van der Waals surface area contributed by atoms with Crippen LogP contribution in [0, 0.1) is 0 Å². The van der Waals surface area contributed by atoms with Crippen LogP contribution in [0.2, 0.25) is 0 Å². The van der Waals surface area contributed by atoms with Crippen LogP contribution in [0.3, 0.4) is 0 Å². The number of hydrogen-bond acceptors (Lipinski definition) is 6. The number of ether oxygens (including phenoxy) is 1. The molecule has 0 radical (unpaired) electrons. The lowest BCUT2D eigenvalue weighted by atomic mass is 10.1. The molecular formula is C18H12Br2N2O5. The zero-order valence-electron chi connectivity index (χ0n) is 13.8. The molecule has 0 fully saturated rings. The predicted molar refractivity (Wildman–Crippen MR) is 108 cm³/mol. The fraction of sp³-hybridized carbons (Fsp3) is 0.0556. The van der Waals surface area contributed by atoms with Crippen molar-refractivity contribution in [2.75, 3.05) is 7.11 Å². The quantitative estimate of drug-likeness (QED) is 0.325. The number of hydrazone groups is 1. The Morgan fingerprint density at radius 1 is 1.26 bits per heavy atom. The minimum atomic E-state index is -0.784. The van der Waals surface area contributed by atoms with Crippen molar-refractivity contribution < 1.29 is 19.1 Å². The van der Waals surface area contributed by atoms with Crippen molar-refractivity contribution in [3.05, 3.63) is 66.9 Å². The summed E-state index contributed by atoms with van der Waals surface area (Å²) in [6.07, 6.45) is 1.26. The van der Waals surface area contributed by atoms with Gasteiger partial charge in [-0.2, -0.15) is 5.10 Å². The second-order valence-corrected chi connectivity index (χ2v) is 7.15. The zero-order chi connectivity index (χ0) is 19.6. The number of fused-ring (bicyclic) bond motifs is 1. The van der Waals surface area contributed by atoms with Gasteiger partial charge in [0.1, 0.15) is 22.6 Å². The number of carbonyl (C=O) groups excluding carboxylic acids is 1. The lowest BCUT2D eigenvalue weighted by Gasteiger charge is -2.04. The minimum Gasteiger partial charge on any atom is -0.506 e. The highest BCUT2D eigenvalue weighted by Gasteiger charge is 2.14. The van der Waals surface area contributed by atoms with E-state index in [4.69, 9.17) is 9.15 Å². The number of amides is 1. The zero-order valence-corrected chi connectivity index (χ0v) is 17.0. The predicted octanol–water partition coefficient (Wildman–Crippen LogP) is 3.80. The molecule has 3 rings (SSSR count). The third-order valence-corrected chi connectivity index (χ3v) is 4.67. The summed E-state index contributed by atoms with van der Waals surface area (Å²) < 4.78 is 11.5. The van der Waals surface area contributed by atoms with Crippen LogP contribution in [0.15, 0.2) is 59.7 Å². The van der Waals surface area contributed by atoms with Crippen LogP contribution in [0.4, 0.5) is 0 Å². The van der Waals surface area contributed by atoms with Crippen molar-refractivity contribution in [2.45, 2.75) is 0 Å². The van der Waals surface area contributed by atoms with Crippen LogP contribution >= 0.6 is 31.9 Å². The summed E-state index contributed by atoms with van der Waals surface area (Å²) in [6, 6.07) is 9.57. The van der Waals surface area contributed by atoms with Crippen LogP contribution in [0.25, 0.3) is 11.0 Å². The summed E-state index contributed by atoms with van der Waals surface area (Å²) in [5.41, 5.74) is 1.97. The number of hydrogen-bond donors (Lipinski definition) is 2. The van der Waals surface area contributed by atoms with Gasteiger partial charge in [-0.05, 0) is 52.3 Å². The van der Waals surface area contributed by atoms with Crippen molar-refractivity contribution >= 4 is 55.0 Å². The number of halogens is 2. The highest BCUT2D eigenvalue weighted by molar-refractivity contribution is 9.11. The first-order valence-electron chi connectivity index (χ1n) is 7.52. The van der Waals surface area contributed by atoms with Gasteiger partial charge in [0.25, 0.3) is 5.91 Å². The molecule has 0 saturated carbocycles. The molecule has 2 aromatic carbocycles. The van der Waals surface area contributed by atoms with Gasteiger partial charge in [0.05, 0.1) is 17.8 Å². The summed E-state index contributed by atoms with van der Waals surface area (Å²) in [5.74, 6) is -0.205. The Kier molecular flexibility index (Phi) is 5.62. The molecule has 7 nitrogen and oxygen atoms in total. The fourth-order valence-corrected chi connectivity index (χ4v) is 3.55. The summed E-state index contributed by atoms with van der Waals surface area (Å²) in [5, 5.41) is 14.3. The molecule has 0 saturated heterocycles. The Bertz CT molecular complexity index is 1120. The molecule has 1 amide bonds. The Hall–Kier alpha value is -2.65. The van der Waals surface area contributed by atoms with E-state index < -0.39 is 11.5 Å². The van der Waals surface area contributed by atoms with E-state index in [1.807, 2.05) is 0 Å². The number of phenols is 1. The maximum Gasteiger partial charge on any atom is 0.349 e. The molecular weight excluding hydrogens is 484 g/mol. The van der Waals surface area contributed by atoms with Gasteiger partial charge in [0.15, 0.2) is 0 Å². The average Bonchev–Trinajstić information content (AvgIpc) is 2.64. The highest BCUT2D eigenvalue weighted by Crippen LogP contribution is 2.30. The second-order valence-electron chi connectivity index (χ2n) is 5.38. The molecule has 3 aromatic rings. The molecule has 0 bridgehead atoms. The van der Waals surface area contributed by atoms with Crippen LogP contribution in [-0.2, 0) is 0 Å². The Balaban J connectivity index is 1.86. The van der Waals surface area contributed by atoms with Crippen molar-refractivity contribution in [3.8, 4) is 11.5 Å². The maximum atomic E-state index is 12.3. The van der Waals surface area contributed by atoms with Crippen molar-refractivity contribution in [1.82, 2.24) is 5.43 Å². The lowest BCUT2D eigenvalue weighted by molar-refractivity contribution is 0.0951. The number of nitrogens with one attached hydrogen (secondary N) is 1. The molecule has 1 heterocycles. The van der Waals surface area contributed by atoms with Crippen molar-refractivity contribution in [1.29, 1.82) is 0 Å². The summed E-state index contributed by atoms with van der Waals surface area (Å²) in [4.78, 5) is 24.3. The number of aromatic hydroxyl groups is 1. The van der Waals surface area contributed by atoms with Crippen molar-refractivity contribution in [2.24, 2.45) is 5.10 Å². The monoisotopic (exact) mass is 494 g/mol. The van der Waals surface area contributed by atoms with E-state index in [1.165, 1.54) is 19.4 Å². The van der Waals surface area contributed by atoms with E-state index >= 15 is 0 Å². The summed E-state index contributed by atoms with van der Waals surface area (Å²) in [7, 11) is 1.51. The summed E-state index contributed by atoms with van der Waals surface area (Å²) >= 11 is 6.50. The largest absolute Gasteiger partial charge is 0.506 e. The number of phenolic OH excluding ortho intramolecular Hbond substituents is 1. The molecule has 2 N–H and O–H groups in total. The van der Waals surface area contributed by atoms with Crippen LogP contribution < -0.4 is 15.8 Å². The van der Waals surface area contributed by atoms with Gasteiger partial charge in [-0.25, -0.2) is 10.2 Å². The molecule has 0 unspecified atom stereocenters. The Labute approximate surface area is 169 Å². The average molecular weight is 496 g/mol. The van der Waals surface area contributed by atoms with Crippen LogP contribution in [0.5, 0.6) is 11.5 Å². The topological polar surface area (TPSA) is 101 Å². The third kappa shape index (κ3) is 4.20. The molecule has 0 aliphatic carbocycles. The fourth-order valence-electron chi connectivity index (χ4n) is 2.29. The van der Waals surface area contributed by atoms with Crippen molar-refractivity contribution in [3.63, 3.8) is 0 Å². The maximum absolute atomic E-state index is 12.3. The number of methoxy groups -OCH3 is 1. The lowest BCUT2D eigenvalue weighted by Crippen LogP contribution is -2.24. The third-order valence-electron chi connectivity index (χ3n) is 3.61. The van der Waals surface area contributed by atoms with Gasteiger partial charge >= 0.3 is 5.63 Å². The smallest absolute Gasteiger partial charge is 0.349 e. The number of benzene rings is 2. The van der Waals surface area contributed by atoms with Gasteiger partial charge in [-0.1, -0.05) is 15.9 Å². The first kappa shape index (κ1) is 19.1. The molecule has 9 heteroatoms. The number of rotatable bonds is 4. The number of carbonyl (C=O) groups is 1. The molecule has 0 aliphatic rings. The van der Waals surface area contributed by atoms with Crippen LogP contribution in [0.1, 0.15) is 15.9 Å². The van der Waals surface area contributed by atoms with Gasteiger partial charge in [0.2, 0.25) is 0 Å². The number of nitrogens with zero attached hydrogens (tertiary/aromatic N) is 1. The SMILES string of the molecule is COc1ccc2oc(=O)c(C(=O)N/N=C/c3cc(Br)cc(Br)c3O)cc2c1. The second kappa shape index (κ2) is 7.93. The molecule has 0 aliphatic heterocycles. The Morgan fingerprint density at radius 2 is 2.04 bits per heavy atom.